The maximum Gasteiger partial charge on any atom is 0.254 e. The van der Waals surface area contributed by atoms with Gasteiger partial charge in [-0.05, 0) is 37.5 Å². The Morgan fingerprint density at radius 3 is 2.88 bits per heavy atom. The molecule has 0 saturated carbocycles. The van der Waals surface area contributed by atoms with E-state index in [1.54, 1.807) is 12.0 Å². The van der Waals surface area contributed by atoms with Crippen molar-refractivity contribution in [2.45, 2.75) is 19.3 Å². The second-order valence-electron chi connectivity index (χ2n) is 6.99. The van der Waals surface area contributed by atoms with Crippen LogP contribution in [0.5, 0.6) is 0 Å². The van der Waals surface area contributed by atoms with Crippen LogP contribution in [-0.4, -0.2) is 61.5 Å². The lowest BCUT2D eigenvalue weighted by atomic mass is 9.78. The minimum Gasteiger partial charge on any atom is -0.383 e. The Kier molecular flexibility index (Phi) is 5.23. The van der Waals surface area contributed by atoms with Crippen LogP contribution in [0.2, 0.25) is 0 Å². The zero-order chi connectivity index (χ0) is 18.7. The normalized spacial score (nSPS) is 22.7. The molecule has 0 radical (unpaired) electrons. The Hall–Kier alpha value is -2.46. The summed E-state index contributed by atoms with van der Waals surface area (Å²) in [6.07, 6.45) is 2.27. The number of ether oxygens (including phenoxy) is 1. The van der Waals surface area contributed by atoms with Crippen LogP contribution < -0.4 is 0 Å². The second-order valence-corrected chi connectivity index (χ2v) is 6.99. The number of carbonyl (C=O) groups excluding carboxylic acids is 2. The number of likely N-dealkylation sites (tertiary alicyclic amines) is 2. The predicted octanol–water partition coefficient (Wildman–Crippen LogP) is 1.80. The van der Waals surface area contributed by atoms with Gasteiger partial charge in [0.2, 0.25) is 5.91 Å². The van der Waals surface area contributed by atoms with Crippen molar-refractivity contribution in [3.63, 3.8) is 0 Å². The highest BCUT2D eigenvalue weighted by atomic mass is 19.1. The number of nitrogens with zero attached hydrogens (tertiary/aromatic N) is 3. The van der Waals surface area contributed by atoms with Gasteiger partial charge in [0.05, 0.1) is 23.7 Å². The number of rotatable bonds is 4. The van der Waals surface area contributed by atoms with Gasteiger partial charge in [0.15, 0.2) is 0 Å². The summed E-state index contributed by atoms with van der Waals surface area (Å²) < 4.78 is 18.7. The molecule has 7 heteroatoms. The fraction of sp³-hybridized carbons (Fsp3) is 0.526. The van der Waals surface area contributed by atoms with E-state index < -0.39 is 11.2 Å². The van der Waals surface area contributed by atoms with Crippen LogP contribution in [0.15, 0.2) is 18.2 Å². The number of nitriles is 1. The molecule has 0 aromatic heterocycles. The van der Waals surface area contributed by atoms with Crippen molar-refractivity contribution >= 4 is 11.8 Å². The van der Waals surface area contributed by atoms with Crippen molar-refractivity contribution in [1.29, 1.82) is 5.26 Å². The topological polar surface area (TPSA) is 73.6 Å². The van der Waals surface area contributed by atoms with E-state index in [0.717, 1.165) is 25.0 Å². The van der Waals surface area contributed by atoms with E-state index in [2.05, 4.69) is 0 Å². The third-order valence-electron chi connectivity index (χ3n) is 5.30. The van der Waals surface area contributed by atoms with E-state index >= 15 is 0 Å². The van der Waals surface area contributed by atoms with Crippen molar-refractivity contribution in [2.75, 3.05) is 39.9 Å². The van der Waals surface area contributed by atoms with Gasteiger partial charge in [0.25, 0.3) is 5.91 Å². The highest BCUT2D eigenvalue weighted by molar-refractivity contribution is 5.96. The molecular formula is C19H22FN3O3. The zero-order valence-corrected chi connectivity index (χ0v) is 14.8. The lowest BCUT2D eigenvalue weighted by Gasteiger charge is -2.39. The van der Waals surface area contributed by atoms with Gasteiger partial charge < -0.3 is 14.5 Å². The van der Waals surface area contributed by atoms with Gasteiger partial charge in [-0.3, -0.25) is 9.59 Å². The second kappa shape index (κ2) is 7.42. The molecule has 1 unspecified atom stereocenters. The molecule has 2 amide bonds. The quantitative estimate of drug-likeness (QED) is 0.822. The SMILES string of the molecule is COCCN1CCCC2(CCN(C(=O)c3cc(F)cc(C#N)c3)C2)C1=O. The molecule has 2 aliphatic rings. The van der Waals surface area contributed by atoms with Gasteiger partial charge in [-0.15, -0.1) is 0 Å². The summed E-state index contributed by atoms with van der Waals surface area (Å²) in [5.74, 6) is -0.867. The molecule has 26 heavy (non-hydrogen) atoms. The maximum atomic E-state index is 13.6. The van der Waals surface area contributed by atoms with Crippen molar-refractivity contribution in [3.05, 3.63) is 35.1 Å². The Morgan fingerprint density at radius 2 is 2.15 bits per heavy atom. The number of piperidine rings is 1. The summed E-state index contributed by atoms with van der Waals surface area (Å²) in [5.41, 5.74) is -0.285. The van der Waals surface area contributed by atoms with Gasteiger partial charge in [-0.25, -0.2) is 4.39 Å². The van der Waals surface area contributed by atoms with E-state index in [1.807, 2.05) is 11.0 Å². The number of methoxy groups -OCH3 is 1. The van der Waals surface area contributed by atoms with E-state index in [9.17, 15) is 14.0 Å². The van der Waals surface area contributed by atoms with Gasteiger partial charge >= 0.3 is 0 Å². The molecule has 0 aliphatic carbocycles. The molecule has 0 bridgehead atoms. The largest absolute Gasteiger partial charge is 0.383 e. The molecule has 1 atom stereocenters. The molecule has 2 aliphatic heterocycles. The average molecular weight is 359 g/mol. The third kappa shape index (κ3) is 3.42. The van der Waals surface area contributed by atoms with E-state index in [4.69, 9.17) is 10.00 Å². The highest BCUT2D eigenvalue weighted by Gasteiger charge is 2.49. The van der Waals surface area contributed by atoms with Crippen LogP contribution in [-0.2, 0) is 9.53 Å². The third-order valence-corrected chi connectivity index (χ3v) is 5.30. The summed E-state index contributed by atoms with van der Waals surface area (Å²) >= 11 is 0. The molecular weight excluding hydrogens is 337 g/mol. The minimum atomic E-state index is -0.610. The maximum absolute atomic E-state index is 13.6. The van der Waals surface area contributed by atoms with Crippen molar-refractivity contribution in [2.24, 2.45) is 5.41 Å². The van der Waals surface area contributed by atoms with Gasteiger partial charge in [0, 0.05) is 38.9 Å². The monoisotopic (exact) mass is 359 g/mol. The summed E-state index contributed by atoms with van der Waals surface area (Å²) in [6, 6.07) is 5.49. The first-order valence-corrected chi connectivity index (χ1v) is 8.77. The van der Waals surface area contributed by atoms with Crippen LogP contribution in [0, 0.1) is 22.6 Å². The molecule has 2 saturated heterocycles. The number of benzene rings is 1. The first kappa shape index (κ1) is 18.3. The average Bonchev–Trinajstić information content (AvgIpc) is 3.07. The van der Waals surface area contributed by atoms with Crippen LogP contribution in [0.3, 0.4) is 0 Å². The zero-order valence-electron chi connectivity index (χ0n) is 14.8. The first-order valence-electron chi connectivity index (χ1n) is 8.77. The molecule has 1 aromatic rings. The standard InChI is InChI=1S/C19H22FN3O3/c1-26-8-7-22-5-2-3-19(18(22)25)4-6-23(13-19)17(24)15-9-14(12-21)10-16(20)11-15/h9-11H,2-8,13H2,1H3. The van der Waals surface area contributed by atoms with Crippen LogP contribution in [0.4, 0.5) is 4.39 Å². The number of hydrogen-bond acceptors (Lipinski definition) is 4. The van der Waals surface area contributed by atoms with Crippen LogP contribution in [0.25, 0.3) is 0 Å². The minimum absolute atomic E-state index is 0.0769. The molecule has 2 fully saturated rings. The smallest absolute Gasteiger partial charge is 0.254 e. The summed E-state index contributed by atoms with van der Waals surface area (Å²) in [4.78, 5) is 29.1. The highest BCUT2D eigenvalue weighted by Crippen LogP contribution is 2.40. The molecule has 1 spiro atoms. The molecule has 6 nitrogen and oxygen atoms in total. The van der Waals surface area contributed by atoms with E-state index in [0.29, 0.717) is 39.2 Å². The Bertz CT molecular complexity index is 761. The molecule has 3 rings (SSSR count). The summed E-state index contributed by atoms with van der Waals surface area (Å²) in [6.45, 7) is 2.56. The lowest BCUT2D eigenvalue weighted by Crippen LogP contribution is -2.51. The fourth-order valence-electron chi connectivity index (χ4n) is 3.95. The van der Waals surface area contributed by atoms with E-state index in [-0.39, 0.29) is 22.9 Å². The Balaban J connectivity index is 1.75. The van der Waals surface area contributed by atoms with Crippen molar-refractivity contribution in [1.82, 2.24) is 9.80 Å². The molecule has 138 valence electrons. The Morgan fingerprint density at radius 1 is 1.35 bits per heavy atom. The number of amides is 2. The summed E-state index contributed by atoms with van der Waals surface area (Å²) in [5, 5.41) is 8.97. The van der Waals surface area contributed by atoms with Crippen LogP contribution >= 0.6 is 0 Å². The summed E-state index contributed by atoms with van der Waals surface area (Å²) in [7, 11) is 1.61. The van der Waals surface area contributed by atoms with Gasteiger partial charge in [-0.1, -0.05) is 0 Å². The van der Waals surface area contributed by atoms with Gasteiger partial charge in [-0.2, -0.15) is 5.26 Å². The Labute approximate surface area is 152 Å². The molecule has 2 heterocycles. The van der Waals surface area contributed by atoms with Gasteiger partial charge in [0.1, 0.15) is 5.82 Å². The fourth-order valence-corrected chi connectivity index (χ4v) is 3.95. The number of halogens is 1. The van der Waals surface area contributed by atoms with Crippen LogP contribution in [0.1, 0.15) is 35.2 Å². The van der Waals surface area contributed by atoms with E-state index in [1.165, 1.54) is 6.07 Å². The first-order chi connectivity index (χ1) is 12.5. The molecule has 1 aromatic carbocycles. The van der Waals surface area contributed by atoms with Crippen molar-refractivity contribution in [3.8, 4) is 6.07 Å². The number of carbonyl (C=O) groups is 2. The molecule has 0 N–H and O–H groups in total. The lowest BCUT2D eigenvalue weighted by molar-refractivity contribution is -0.146. The van der Waals surface area contributed by atoms with Crippen molar-refractivity contribution < 1.29 is 18.7 Å². The predicted molar refractivity (Wildman–Crippen MR) is 91.8 cm³/mol. The number of hydrogen-bond donors (Lipinski definition) is 0.